The van der Waals surface area contributed by atoms with Crippen LogP contribution in [0.3, 0.4) is 0 Å². The van der Waals surface area contributed by atoms with Crippen molar-refractivity contribution >= 4 is 26.7 Å². The van der Waals surface area contributed by atoms with Gasteiger partial charge >= 0.3 is 0 Å². The van der Waals surface area contributed by atoms with Gasteiger partial charge in [-0.1, -0.05) is 66.2 Å². The van der Waals surface area contributed by atoms with Crippen molar-refractivity contribution in [3.05, 3.63) is 106 Å². The van der Waals surface area contributed by atoms with Crippen molar-refractivity contribution in [3.63, 3.8) is 0 Å². The van der Waals surface area contributed by atoms with Crippen molar-refractivity contribution in [2.75, 3.05) is 26.2 Å². The molecule has 1 amide bonds. The molecule has 0 N–H and O–H groups in total. The zero-order valence-corrected chi connectivity index (χ0v) is 20.7. The van der Waals surface area contributed by atoms with Gasteiger partial charge in [0.1, 0.15) is 0 Å². The number of carbonyl (C=O) groups excluding carboxylic acids is 1. The third-order valence-electron chi connectivity index (χ3n) is 6.43. The second kappa shape index (κ2) is 9.67. The molecule has 0 atom stereocenters. The summed E-state index contributed by atoms with van der Waals surface area (Å²) in [5.74, 6) is -0.319. The van der Waals surface area contributed by atoms with Crippen molar-refractivity contribution < 1.29 is 13.2 Å². The first kappa shape index (κ1) is 23.9. The van der Waals surface area contributed by atoms with E-state index in [-0.39, 0.29) is 54.8 Å². The second-order valence-electron chi connectivity index (χ2n) is 8.85. The molecule has 5 rings (SSSR count). The van der Waals surface area contributed by atoms with Crippen molar-refractivity contribution in [2.45, 2.75) is 18.4 Å². The molecule has 4 aromatic rings. The Morgan fingerprint density at radius 3 is 2.11 bits per heavy atom. The molecule has 0 radical (unpaired) electrons. The number of aryl methyl sites for hydroxylation is 1. The zero-order valence-electron chi connectivity index (χ0n) is 19.9. The molecule has 9 heteroatoms. The van der Waals surface area contributed by atoms with Gasteiger partial charge in [0.25, 0.3) is 11.5 Å². The molecule has 0 saturated carbocycles. The lowest BCUT2D eigenvalue weighted by atomic mass is 10.1. The average molecular weight is 503 g/mol. The minimum Gasteiger partial charge on any atom is -0.335 e. The van der Waals surface area contributed by atoms with Gasteiger partial charge in [-0.05, 0) is 30.7 Å². The topological polar surface area (TPSA) is 92.6 Å². The van der Waals surface area contributed by atoms with E-state index in [1.165, 1.54) is 8.99 Å². The third-order valence-corrected chi connectivity index (χ3v) is 8.34. The zero-order chi connectivity index (χ0) is 25.3. The highest BCUT2D eigenvalue weighted by molar-refractivity contribution is 7.89. The maximum atomic E-state index is 13.6. The fourth-order valence-electron chi connectivity index (χ4n) is 4.40. The first-order chi connectivity index (χ1) is 17.3. The fourth-order valence-corrected chi connectivity index (χ4v) is 5.82. The molecule has 1 saturated heterocycles. The molecular formula is C27H26N4O4S. The SMILES string of the molecule is Cc1ccc(S(=O)(=O)N2CCN(C(=O)c3nn(Cc4ccccc4)c(=O)c4ccccc34)CC2)cc1. The Labute approximate surface area is 209 Å². The highest BCUT2D eigenvalue weighted by Crippen LogP contribution is 2.21. The first-order valence-corrected chi connectivity index (χ1v) is 13.2. The van der Waals surface area contributed by atoms with Crippen LogP contribution >= 0.6 is 0 Å². The summed E-state index contributed by atoms with van der Waals surface area (Å²) in [6.07, 6.45) is 0. The van der Waals surface area contributed by atoms with Crippen LogP contribution in [0.4, 0.5) is 0 Å². The molecule has 2 heterocycles. The number of piperazine rings is 1. The summed E-state index contributed by atoms with van der Waals surface area (Å²) in [5.41, 5.74) is 1.81. The Morgan fingerprint density at radius 1 is 0.833 bits per heavy atom. The van der Waals surface area contributed by atoms with Crippen molar-refractivity contribution in [3.8, 4) is 0 Å². The van der Waals surface area contributed by atoms with Gasteiger partial charge in [-0.2, -0.15) is 9.40 Å². The maximum absolute atomic E-state index is 13.6. The number of benzene rings is 3. The second-order valence-corrected chi connectivity index (χ2v) is 10.8. The Kier molecular flexibility index (Phi) is 6.42. The van der Waals surface area contributed by atoms with E-state index in [0.29, 0.717) is 10.8 Å². The summed E-state index contributed by atoms with van der Waals surface area (Å²) < 4.78 is 28.8. The van der Waals surface area contributed by atoms with Gasteiger partial charge in [0.05, 0.1) is 16.8 Å². The average Bonchev–Trinajstić information content (AvgIpc) is 2.91. The molecule has 36 heavy (non-hydrogen) atoms. The van der Waals surface area contributed by atoms with Gasteiger partial charge in [0.15, 0.2) is 5.69 Å². The lowest BCUT2D eigenvalue weighted by Crippen LogP contribution is -2.50. The van der Waals surface area contributed by atoms with E-state index in [0.717, 1.165) is 11.1 Å². The molecule has 1 aromatic heterocycles. The predicted molar refractivity (Wildman–Crippen MR) is 137 cm³/mol. The number of fused-ring (bicyclic) bond motifs is 1. The summed E-state index contributed by atoms with van der Waals surface area (Å²) in [6.45, 7) is 2.98. The number of hydrogen-bond donors (Lipinski definition) is 0. The van der Waals surface area contributed by atoms with Crippen LogP contribution in [-0.4, -0.2) is 59.5 Å². The maximum Gasteiger partial charge on any atom is 0.275 e. The van der Waals surface area contributed by atoms with E-state index < -0.39 is 10.0 Å². The highest BCUT2D eigenvalue weighted by Gasteiger charge is 2.31. The Hall–Kier alpha value is -3.82. The smallest absolute Gasteiger partial charge is 0.275 e. The molecule has 3 aromatic carbocycles. The van der Waals surface area contributed by atoms with Crippen LogP contribution in [0.1, 0.15) is 21.6 Å². The van der Waals surface area contributed by atoms with E-state index in [2.05, 4.69) is 5.10 Å². The number of aromatic nitrogens is 2. The van der Waals surface area contributed by atoms with E-state index in [1.807, 2.05) is 37.3 Å². The Bertz CT molecular complexity index is 1570. The van der Waals surface area contributed by atoms with Crippen molar-refractivity contribution in [1.29, 1.82) is 0 Å². The largest absolute Gasteiger partial charge is 0.335 e. The summed E-state index contributed by atoms with van der Waals surface area (Å²) in [5, 5.41) is 5.39. The van der Waals surface area contributed by atoms with Crippen LogP contribution in [-0.2, 0) is 16.6 Å². The molecule has 1 aliphatic rings. The molecule has 184 valence electrons. The molecule has 0 bridgehead atoms. The third kappa shape index (κ3) is 4.55. The summed E-state index contributed by atoms with van der Waals surface area (Å²) >= 11 is 0. The first-order valence-electron chi connectivity index (χ1n) is 11.7. The van der Waals surface area contributed by atoms with E-state index in [4.69, 9.17) is 0 Å². The quantitative estimate of drug-likeness (QED) is 0.419. The molecule has 0 aliphatic carbocycles. The van der Waals surface area contributed by atoms with Gasteiger partial charge in [-0.3, -0.25) is 9.59 Å². The van der Waals surface area contributed by atoms with Crippen LogP contribution in [0.2, 0.25) is 0 Å². The monoisotopic (exact) mass is 502 g/mol. The number of rotatable bonds is 5. The van der Waals surface area contributed by atoms with E-state index >= 15 is 0 Å². The molecule has 0 unspecified atom stereocenters. The summed E-state index contributed by atoms with van der Waals surface area (Å²) in [6, 6.07) is 23.2. The highest BCUT2D eigenvalue weighted by atomic mass is 32.2. The predicted octanol–water partition coefficient (Wildman–Crippen LogP) is 2.90. The van der Waals surface area contributed by atoms with Crippen LogP contribution in [0.5, 0.6) is 0 Å². The Balaban J connectivity index is 1.41. The van der Waals surface area contributed by atoms with Crippen LogP contribution in [0.25, 0.3) is 10.8 Å². The van der Waals surface area contributed by atoms with Gasteiger partial charge in [-0.15, -0.1) is 0 Å². The molecule has 8 nitrogen and oxygen atoms in total. The molecule has 1 aliphatic heterocycles. The lowest BCUT2D eigenvalue weighted by molar-refractivity contribution is 0.0691. The van der Waals surface area contributed by atoms with Crippen molar-refractivity contribution in [1.82, 2.24) is 19.0 Å². The van der Waals surface area contributed by atoms with Gasteiger partial charge in [0.2, 0.25) is 10.0 Å². The minimum atomic E-state index is -3.64. The summed E-state index contributed by atoms with van der Waals surface area (Å²) in [4.78, 5) is 28.5. The van der Waals surface area contributed by atoms with E-state index in [1.54, 1.807) is 53.4 Å². The van der Waals surface area contributed by atoms with Crippen LogP contribution < -0.4 is 5.56 Å². The normalized spacial score (nSPS) is 14.8. The number of amides is 1. The summed E-state index contributed by atoms with van der Waals surface area (Å²) in [7, 11) is -3.64. The fraction of sp³-hybridized carbons (Fsp3) is 0.222. The van der Waals surface area contributed by atoms with Crippen LogP contribution in [0.15, 0.2) is 88.6 Å². The molecule has 0 spiro atoms. The van der Waals surface area contributed by atoms with Gasteiger partial charge in [-0.25, -0.2) is 13.1 Å². The minimum absolute atomic E-state index is 0.184. The number of hydrogen-bond acceptors (Lipinski definition) is 5. The lowest BCUT2D eigenvalue weighted by Gasteiger charge is -2.34. The number of nitrogens with zero attached hydrogens (tertiary/aromatic N) is 4. The number of carbonyl (C=O) groups is 1. The number of sulfonamides is 1. The van der Waals surface area contributed by atoms with Gasteiger partial charge < -0.3 is 4.90 Å². The Morgan fingerprint density at radius 2 is 1.44 bits per heavy atom. The van der Waals surface area contributed by atoms with Crippen molar-refractivity contribution in [2.24, 2.45) is 0 Å². The van der Waals surface area contributed by atoms with E-state index in [9.17, 15) is 18.0 Å². The standard InChI is InChI=1S/C27H26N4O4S/c1-20-11-13-22(14-12-20)36(34,35)30-17-15-29(16-18-30)27(33)25-23-9-5-6-10-24(23)26(32)31(28-25)19-21-7-3-2-4-8-21/h2-14H,15-19H2,1H3. The molecule has 1 fully saturated rings. The van der Waals surface area contributed by atoms with Crippen LogP contribution in [0, 0.1) is 6.92 Å². The molecular weight excluding hydrogens is 476 g/mol. The van der Waals surface area contributed by atoms with Gasteiger partial charge in [0, 0.05) is 31.6 Å².